The average molecular weight is 465 g/mol. The van der Waals surface area contributed by atoms with Gasteiger partial charge in [0.05, 0.1) is 26.4 Å². The SMILES string of the molecule is COCCOc1cc(C(C)N(C(=O)C2CNCCO2)C2CC2)cc(CCCNC(=O)OC)n1. The van der Waals surface area contributed by atoms with Crippen molar-refractivity contribution in [3.8, 4) is 5.88 Å². The molecule has 1 aliphatic heterocycles. The van der Waals surface area contributed by atoms with Gasteiger partial charge in [0.25, 0.3) is 5.91 Å². The quantitative estimate of drug-likeness (QED) is 0.447. The highest BCUT2D eigenvalue weighted by molar-refractivity contribution is 5.82. The summed E-state index contributed by atoms with van der Waals surface area (Å²) in [5.74, 6) is 0.533. The first kappa shape index (κ1) is 25.2. The predicted octanol–water partition coefficient (Wildman–Crippen LogP) is 1.44. The third-order valence-corrected chi connectivity index (χ3v) is 5.78. The fourth-order valence-electron chi connectivity index (χ4n) is 3.88. The van der Waals surface area contributed by atoms with Crippen LogP contribution in [0.1, 0.15) is 43.5 Å². The van der Waals surface area contributed by atoms with Crippen molar-refractivity contribution < 1.29 is 28.5 Å². The third-order valence-electron chi connectivity index (χ3n) is 5.78. The average Bonchev–Trinajstić information content (AvgIpc) is 3.67. The van der Waals surface area contributed by atoms with Crippen LogP contribution < -0.4 is 15.4 Å². The van der Waals surface area contributed by atoms with E-state index in [0.29, 0.717) is 51.6 Å². The van der Waals surface area contributed by atoms with Crippen LogP contribution in [-0.2, 0) is 25.4 Å². The van der Waals surface area contributed by atoms with Gasteiger partial charge >= 0.3 is 6.09 Å². The van der Waals surface area contributed by atoms with Gasteiger partial charge in [-0.15, -0.1) is 0 Å². The number of aromatic nitrogens is 1. The summed E-state index contributed by atoms with van der Waals surface area (Å²) < 4.78 is 21.2. The minimum absolute atomic E-state index is 0.0275. The summed E-state index contributed by atoms with van der Waals surface area (Å²) in [5.41, 5.74) is 1.81. The maximum Gasteiger partial charge on any atom is 0.406 e. The Bertz CT molecular complexity index is 782. The molecule has 2 unspecified atom stereocenters. The molecule has 10 nitrogen and oxygen atoms in total. The van der Waals surface area contributed by atoms with Crippen LogP contribution in [0.15, 0.2) is 12.1 Å². The first-order chi connectivity index (χ1) is 16.0. The highest BCUT2D eigenvalue weighted by atomic mass is 16.5. The largest absolute Gasteiger partial charge is 0.475 e. The van der Waals surface area contributed by atoms with Gasteiger partial charge in [0.15, 0.2) is 0 Å². The lowest BCUT2D eigenvalue weighted by molar-refractivity contribution is -0.148. The number of ether oxygens (including phenoxy) is 4. The third kappa shape index (κ3) is 7.55. The van der Waals surface area contributed by atoms with Crippen molar-refractivity contribution in [1.82, 2.24) is 20.5 Å². The van der Waals surface area contributed by atoms with Gasteiger partial charge < -0.3 is 34.5 Å². The maximum atomic E-state index is 13.3. The lowest BCUT2D eigenvalue weighted by Crippen LogP contribution is -2.50. The van der Waals surface area contributed by atoms with E-state index in [1.165, 1.54) is 7.11 Å². The fourth-order valence-corrected chi connectivity index (χ4v) is 3.88. The summed E-state index contributed by atoms with van der Waals surface area (Å²) in [4.78, 5) is 31.2. The van der Waals surface area contributed by atoms with Gasteiger partial charge in [-0.05, 0) is 44.2 Å². The highest BCUT2D eigenvalue weighted by Gasteiger charge is 2.40. The molecule has 1 saturated heterocycles. The summed E-state index contributed by atoms with van der Waals surface area (Å²) in [6.45, 7) is 5.21. The number of hydrogen-bond acceptors (Lipinski definition) is 8. The monoisotopic (exact) mass is 464 g/mol. The van der Waals surface area contributed by atoms with Crippen LogP contribution >= 0.6 is 0 Å². The molecular weight excluding hydrogens is 428 g/mol. The summed E-state index contributed by atoms with van der Waals surface area (Å²) in [6.07, 6.45) is 2.45. The summed E-state index contributed by atoms with van der Waals surface area (Å²) >= 11 is 0. The van der Waals surface area contributed by atoms with E-state index in [1.807, 2.05) is 24.0 Å². The zero-order valence-electron chi connectivity index (χ0n) is 19.8. The summed E-state index contributed by atoms with van der Waals surface area (Å²) in [6, 6.07) is 4.01. The Labute approximate surface area is 195 Å². The molecule has 2 heterocycles. The van der Waals surface area contributed by atoms with Crippen molar-refractivity contribution >= 4 is 12.0 Å². The molecule has 2 aliphatic rings. The van der Waals surface area contributed by atoms with Crippen molar-refractivity contribution in [3.05, 3.63) is 23.4 Å². The van der Waals surface area contributed by atoms with Gasteiger partial charge in [-0.3, -0.25) is 4.79 Å². The van der Waals surface area contributed by atoms with Crippen LogP contribution in [0, 0.1) is 0 Å². The molecule has 0 spiro atoms. The van der Waals surface area contributed by atoms with Gasteiger partial charge in [0, 0.05) is 44.5 Å². The molecule has 2 atom stereocenters. The van der Waals surface area contributed by atoms with Gasteiger partial charge in [-0.1, -0.05) is 0 Å². The maximum absolute atomic E-state index is 13.3. The van der Waals surface area contributed by atoms with Gasteiger partial charge in [-0.2, -0.15) is 0 Å². The van der Waals surface area contributed by atoms with Crippen molar-refractivity contribution in [2.45, 2.75) is 50.8 Å². The molecule has 1 aliphatic carbocycles. The Morgan fingerprint density at radius 3 is 2.79 bits per heavy atom. The van der Waals surface area contributed by atoms with Crippen LogP contribution in [0.4, 0.5) is 4.79 Å². The van der Waals surface area contributed by atoms with Gasteiger partial charge in [0.2, 0.25) is 5.88 Å². The molecule has 1 aromatic heterocycles. The number of hydrogen-bond donors (Lipinski definition) is 2. The van der Waals surface area contributed by atoms with Crippen LogP contribution in [-0.4, -0.2) is 87.7 Å². The number of amides is 2. The topological polar surface area (TPSA) is 111 Å². The number of nitrogens with zero attached hydrogens (tertiary/aromatic N) is 2. The van der Waals surface area contributed by atoms with Gasteiger partial charge in [-0.25, -0.2) is 9.78 Å². The highest BCUT2D eigenvalue weighted by Crippen LogP contribution is 2.36. The van der Waals surface area contributed by atoms with Crippen LogP contribution in [0.3, 0.4) is 0 Å². The molecule has 2 amide bonds. The van der Waals surface area contributed by atoms with E-state index in [-0.39, 0.29) is 18.0 Å². The molecule has 2 fully saturated rings. The van der Waals surface area contributed by atoms with Crippen LogP contribution in [0.25, 0.3) is 0 Å². The standard InChI is InChI=1S/C23H36N4O6/c1-16(27(19-6-7-19)22(28)20-15-24-9-10-32-20)17-13-18(5-4-8-25-23(29)31-3)26-21(14-17)33-12-11-30-2/h13-14,16,19-20,24H,4-12,15H2,1-3H3,(H,25,29). The van der Waals surface area contributed by atoms with E-state index in [1.54, 1.807) is 7.11 Å². The normalized spacial score (nSPS) is 18.9. The predicted molar refractivity (Wildman–Crippen MR) is 121 cm³/mol. The molecule has 2 N–H and O–H groups in total. The summed E-state index contributed by atoms with van der Waals surface area (Å²) in [7, 11) is 2.96. The zero-order valence-corrected chi connectivity index (χ0v) is 19.8. The second-order valence-corrected chi connectivity index (χ2v) is 8.31. The molecule has 184 valence electrons. The van der Waals surface area contributed by atoms with Crippen molar-refractivity contribution in [2.75, 3.05) is 53.7 Å². The van der Waals surface area contributed by atoms with E-state index >= 15 is 0 Å². The van der Waals surface area contributed by atoms with E-state index in [9.17, 15) is 9.59 Å². The van der Waals surface area contributed by atoms with Crippen molar-refractivity contribution in [1.29, 1.82) is 0 Å². The second-order valence-electron chi connectivity index (χ2n) is 8.31. The number of nitrogens with one attached hydrogen (secondary N) is 2. The Morgan fingerprint density at radius 1 is 1.30 bits per heavy atom. The fraction of sp³-hybridized carbons (Fsp3) is 0.696. The first-order valence-electron chi connectivity index (χ1n) is 11.6. The number of aryl methyl sites for hydroxylation is 1. The molecule has 1 aromatic rings. The first-order valence-corrected chi connectivity index (χ1v) is 11.6. The Kier molecular flexibility index (Phi) is 9.71. The second kappa shape index (κ2) is 12.7. The minimum atomic E-state index is -0.454. The number of morpholine rings is 1. The van der Waals surface area contributed by atoms with E-state index in [4.69, 9.17) is 14.2 Å². The molecule has 0 bridgehead atoms. The van der Waals surface area contributed by atoms with Gasteiger partial charge in [0.1, 0.15) is 12.7 Å². The molecule has 0 aromatic carbocycles. The Morgan fingerprint density at radius 2 is 2.12 bits per heavy atom. The van der Waals surface area contributed by atoms with Crippen LogP contribution in [0.5, 0.6) is 5.88 Å². The number of carbonyl (C=O) groups is 2. The van der Waals surface area contributed by atoms with E-state index in [2.05, 4.69) is 20.4 Å². The molecule has 0 radical (unpaired) electrons. The minimum Gasteiger partial charge on any atom is -0.475 e. The Balaban J connectivity index is 1.75. The van der Waals surface area contributed by atoms with E-state index in [0.717, 1.165) is 30.6 Å². The number of rotatable bonds is 12. The number of methoxy groups -OCH3 is 2. The lowest BCUT2D eigenvalue weighted by Gasteiger charge is -2.34. The smallest absolute Gasteiger partial charge is 0.406 e. The number of alkyl carbamates (subject to hydrolysis) is 1. The Hall–Kier alpha value is -2.43. The van der Waals surface area contributed by atoms with E-state index < -0.39 is 12.2 Å². The molecule has 3 rings (SSSR count). The number of pyridine rings is 1. The molecular formula is C23H36N4O6. The number of carbonyl (C=O) groups excluding carboxylic acids is 2. The molecule has 10 heteroatoms. The van der Waals surface area contributed by atoms with Crippen LogP contribution in [0.2, 0.25) is 0 Å². The zero-order chi connectivity index (χ0) is 23.6. The molecule has 1 saturated carbocycles. The van der Waals surface area contributed by atoms with Crippen molar-refractivity contribution in [2.24, 2.45) is 0 Å². The summed E-state index contributed by atoms with van der Waals surface area (Å²) in [5, 5.41) is 5.92. The molecule has 33 heavy (non-hydrogen) atoms. The lowest BCUT2D eigenvalue weighted by atomic mass is 10.0. The van der Waals surface area contributed by atoms with Crippen molar-refractivity contribution in [3.63, 3.8) is 0 Å².